The summed E-state index contributed by atoms with van der Waals surface area (Å²) in [5, 5.41) is 6.03. The van der Waals surface area contributed by atoms with Crippen LogP contribution in [0, 0.1) is 0 Å². The Bertz CT molecular complexity index is 425. The lowest BCUT2D eigenvalue weighted by Crippen LogP contribution is -2.33. The number of carbonyl (C=O) groups excluding carboxylic acids is 1. The maximum absolute atomic E-state index is 11.5. The average molecular weight is 249 g/mol. The summed E-state index contributed by atoms with van der Waals surface area (Å²) in [4.78, 5) is 11.5. The second-order valence-corrected chi connectivity index (χ2v) is 4.77. The van der Waals surface area contributed by atoms with Crippen molar-refractivity contribution in [3.05, 3.63) is 23.8 Å². The Morgan fingerprint density at radius 3 is 2.39 bits per heavy atom. The highest BCUT2D eigenvalue weighted by molar-refractivity contribution is 5.95. The summed E-state index contributed by atoms with van der Waals surface area (Å²) in [6.45, 7) is 6.45. The zero-order valence-electron chi connectivity index (χ0n) is 11.6. The molecule has 1 rings (SSSR count). The summed E-state index contributed by atoms with van der Waals surface area (Å²) in [6, 6.07) is 5.35. The highest BCUT2D eigenvalue weighted by Gasteiger charge is 2.20. The molecule has 0 aliphatic carbocycles. The summed E-state index contributed by atoms with van der Waals surface area (Å²) in [5.41, 5.74) is 8.08. The van der Waals surface area contributed by atoms with E-state index in [2.05, 4.69) is 31.4 Å². The summed E-state index contributed by atoms with van der Waals surface area (Å²) >= 11 is 0. The van der Waals surface area contributed by atoms with Gasteiger partial charge in [0.1, 0.15) is 0 Å². The van der Waals surface area contributed by atoms with E-state index in [0.29, 0.717) is 11.3 Å². The van der Waals surface area contributed by atoms with Crippen LogP contribution >= 0.6 is 0 Å². The zero-order chi connectivity index (χ0) is 13.8. The topological polar surface area (TPSA) is 67.2 Å². The van der Waals surface area contributed by atoms with E-state index >= 15 is 0 Å². The SMILES string of the molecule is CCC(C)(CC)Nc1ccc(C(=O)NC)cc1N. The third-order valence-electron chi connectivity index (χ3n) is 3.54. The lowest BCUT2D eigenvalue weighted by Gasteiger charge is -2.30. The molecule has 0 aliphatic heterocycles. The van der Waals surface area contributed by atoms with Crippen molar-refractivity contribution in [2.75, 3.05) is 18.1 Å². The standard InChI is InChI=1S/C14H23N3O/c1-5-14(3,6-2)17-12-8-7-10(9-11(12)15)13(18)16-4/h7-9,17H,5-6,15H2,1-4H3,(H,16,18). The van der Waals surface area contributed by atoms with Gasteiger partial charge in [-0.3, -0.25) is 4.79 Å². The molecule has 18 heavy (non-hydrogen) atoms. The van der Waals surface area contributed by atoms with Crippen LogP contribution in [0.1, 0.15) is 44.0 Å². The van der Waals surface area contributed by atoms with Gasteiger partial charge in [-0.15, -0.1) is 0 Å². The lowest BCUT2D eigenvalue weighted by atomic mass is 9.95. The van der Waals surface area contributed by atoms with Crippen molar-refractivity contribution in [1.29, 1.82) is 0 Å². The van der Waals surface area contributed by atoms with E-state index in [1.807, 2.05) is 6.07 Å². The molecule has 4 nitrogen and oxygen atoms in total. The number of benzene rings is 1. The number of anilines is 2. The molecule has 0 spiro atoms. The van der Waals surface area contributed by atoms with E-state index in [9.17, 15) is 4.79 Å². The van der Waals surface area contributed by atoms with Gasteiger partial charge in [0.05, 0.1) is 11.4 Å². The van der Waals surface area contributed by atoms with Gasteiger partial charge in [0, 0.05) is 18.2 Å². The third kappa shape index (κ3) is 3.15. The molecular formula is C14H23N3O. The Morgan fingerprint density at radius 1 is 1.33 bits per heavy atom. The van der Waals surface area contributed by atoms with Gasteiger partial charge in [-0.2, -0.15) is 0 Å². The van der Waals surface area contributed by atoms with Crippen LogP contribution in [0.3, 0.4) is 0 Å². The van der Waals surface area contributed by atoms with Crippen molar-refractivity contribution in [1.82, 2.24) is 5.32 Å². The van der Waals surface area contributed by atoms with Gasteiger partial charge < -0.3 is 16.4 Å². The molecule has 0 radical (unpaired) electrons. The normalized spacial score (nSPS) is 11.1. The molecule has 1 amide bonds. The molecule has 0 saturated carbocycles. The van der Waals surface area contributed by atoms with Crippen LogP contribution in [0.15, 0.2) is 18.2 Å². The number of hydrogen-bond acceptors (Lipinski definition) is 3. The van der Waals surface area contributed by atoms with Gasteiger partial charge in [0.2, 0.25) is 0 Å². The number of nitrogen functional groups attached to an aromatic ring is 1. The molecule has 0 atom stereocenters. The minimum atomic E-state index is -0.123. The van der Waals surface area contributed by atoms with E-state index in [-0.39, 0.29) is 11.4 Å². The van der Waals surface area contributed by atoms with E-state index in [4.69, 9.17) is 5.73 Å². The fourth-order valence-corrected chi connectivity index (χ4v) is 1.71. The smallest absolute Gasteiger partial charge is 0.251 e. The van der Waals surface area contributed by atoms with Crippen molar-refractivity contribution >= 4 is 17.3 Å². The van der Waals surface area contributed by atoms with Crippen molar-refractivity contribution in [3.63, 3.8) is 0 Å². The van der Waals surface area contributed by atoms with Crippen LogP contribution in [-0.2, 0) is 0 Å². The van der Waals surface area contributed by atoms with Gasteiger partial charge in [-0.25, -0.2) is 0 Å². The van der Waals surface area contributed by atoms with Gasteiger partial charge >= 0.3 is 0 Å². The van der Waals surface area contributed by atoms with E-state index in [0.717, 1.165) is 18.5 Å². The molecule has 1 aromatic carbocycles. The highest BCUT2D eigenvalue weighted by atomic mass is 16.1. The minimum absolute atomic E-state index is 0.0304. The number of hydrogen-bond donors (Lipinski definition) is 3. The Labute approximate surface area is 109 Å². The molecule has 0 unspecified atom stereocenters. The molecule has 0 aliphatic rings. The molecule has 4 heteroatoms. The number of nitrogens with one attached hydrogen (secondary N) is 2. The second-order valence-electron chi connectivity index (χ2n) is 4.77. The molecule has 0 fully saturated rings. The quantitative estimate of drug-likeness (QED) is 0.703. The molecule has 100 valence electrons. The first-order valence-electron chi connectivity index (χ1n) is 6.35. The predicted octanol–water partition coefficient (Wildman–Crippen LogP) is 2.62. The Kier molecular flexibility index (Phi) is 4.59. The average Bonchev–Trinajstić information content (AvgIpc) is 2.40. The fourth-order valence-electron chi connectivity index (χ4n) is 1.71. The van der Waals surface area contributed by atoms with Crippen molar-refractivity contribution in [2.24, 2.45) is 0 Å². The number of nitrogens with two attached hydrogens (primary N) is 1. The van der Waals surface area contributed by atoms with Crippen LogP contribution < -0.4 is 16.4 Å². The van der Waals surface area contributed by atoms with Gasteiger partial charge in [0.15, 0.2) is 0 Å². The first-order valence-corrected chi connectivity index (χ1v) is 6.35. The third-order valence-corrected chi connectivity index (χ3v) is 3.54. The van der Waals surface area contributed by atoms with Crippen LogP contribution in [0.5, 0.6) is 0 Å². The maximum Gasteiger partial charge on any atom is 0.251 e. The van der Waals surface area contributed by atoms with Crippen LogP contribution in [-0.4, -0.2) is 18.5 Å². The monoisotopic (exact) mass is 249 g/mol. The van der Waals surface area contributed by atoms with Crippen LogP contribution in [0.4, 0.5) is 11.4 Å². The molecule has 4 N–H and O–H groups in total. The molecule has 1 aromatic rings. The maximum atomic E-state index is 11.5. The summed E-state index contributed by atoms with van der Waals surface area (Å²) < 4.78 is 0. The Balaban J connectivity index is 2.96. The Hall–Kier alpha value is -1.71. The lowest BCUT2D eigenvalue weighted by molar-refractivity contribution is 0.0963. The van der Waals surface area contributed by atoms with Crippen molar-refractivity contribution in [3.8, 4) is 0 Å². The highest BCUT2D eigenvalue weighted by Crippen LogP contribution is 2.26. The van der Waals surface area contributed by atoms with E-state index in [1.54, 1.807) is 19.2 Å². The molecule has 0 aromatic heterocycles. The van der Waals surface area contributed by atoms with Crippen molar-refractivity contribution in [2.45, 2.75) is 39.2 Å². The second kappa shape index (κ2) is 5.76. The summed E-state index contributed by atoms with van der Waals surface area (Å²) in [7, 11) is 1.61. The first-order chi connectivity index (χ1) is 8.45. The summed E-state index contributed by atoms with van der Waals surface area (Å²) in [5.74, 6) is -0.123. The number of carbonyl (C=O) groups is 1. The predicted molar refractivity (Wildman–Crippen MR) is 76.9 cm³/mol. The zero-order valence-corrected chi connectivity index (χ0v) is 11.6. The van der Waals surface area contributed by atoms with E-state index in [1.165, 1.54) is 0 Å². The fraction of sp³-hybridized carbons (Fsp3) is 0.500. The number of rotatable bonds is 5. The summed E-state index contributed by atoms with van der Waals surface area (Å²) in [6.07, 6.45) is 2.03. The Morgan fingerprint density at radius 2 is 1.94 bits per heavy atom. The van der Waals surface area contributed by atoms with E-state index < -0.39 is 0 Å². The first kappa shape index (κ1) is 14.4. The molecule has 0 bridgehead atoms. The van der Waals surface area contributed by atoms with Gasteiger partial charge in [0.25, 0.3) is 5.91 Å². The molecule has 0 heterocycles. The van der Waals surface area contributed by atoms with Gasteiger partial charge in [-0.1, -0.05) is 13.8 Å². The molecular weight excluding hydrogens is 226 g/mol. The largest absolute Gasteiger partial charge is 0.397 e. The molecule has 0 saturated heterocycles. The van der Waals surface area contributed by atoms with Crippen molar-refractivity contribution < 1.29 is 4.79 Å². The minimum Gasteiger partial charge on any atom is -0.397 e. The van der Waals surface area contributed by atoms with Gasteiger partial charge in [-0.05, 0) is 38.0 Å². The van der Waals surface area contributed by atoms with Crippen LogP contribution in [0.2, 0.25) is 0 Å². The number of amides is 1. The van der Waals surface area contributed by atoms with Crippen LogP contribution in [0.25, 0.3) is 0 Å².